The number of ether oxygens (including phenoxy) is 2. The van der Waals surface area contributed by atoms with Crippen molar-refractivity contribution in [1.82, 2.24) is 0 Å². The topological polar surface area (TPSA) is 62.6 Å². The van der Waals surface area contributed by atoms with Gasteiger partial charge in [0, 0.05) is 26.0 Å². The molecule has 0 aromatic heterocycles. The summed E-state index contributed by atoms with van der Waals surface area (Å²) in [5, 5.41) is 8.49. The summed E-state index contributed by atoms with van der Waals surface area (Å²) in [6, 6.07) is 5.62. The number of aryl methyl sites for hydroxylation is 1. The zero-order valence-corrected chi connectivity index (χ0v) is 10.4. The molecule has 2 rings (SSSR count). The van der Waals surface area contributed by atoms with Crippen LogP contribution in [0.4, 0.5) is 5.69 Å². The average Bonchev–Trinajstić information content (AvgIpc) is 2.81. The maximum absolute atomic E-state index is 11.9. The first-order valence-corrected chi connectivity index (χ1v) is 5.67. The van der Waals surface area contributed by atoms with E-state index in [1.54, 1.807) is 18.0 Å². The minimum absolute atomic E-state index is 0.0847. The molecule has 18 heavy (non-hydrogen) atoms. The third-order valence-electron chi connectivity index (χ3n) is 2.88. The number of anilines is 1. The fraction of sp³-hybridized carbons (Fsp3) is 0.385. The van der Waals surface area contributed by atoms with Crippen LogP contribution in [0.1, 0.15) is 18.4 Å². The van der Waals surface area contributed by atoms with Crippen molar-refractivity contribution in [3.63, 3.8) is 0 Å². The Morgan fingerprint density at radius 3 is 2.78 bits per heavy atom. The molecule has 0 spiro atoms. The third kappa shape index (κ3) is 2.23. The summed E-state index contributed by atoms with van der Waals surface area (Å²) >= 11 is 0. The number of nitrogens with zero attached hydrogens (tertiary/aromatic N) is 2. The van der Waals surface area contributed by atoms with Crippen LogP contribution < -0.4 is 14.4 Å². The number of carbonyl (C=O) groups excluding carboxylic acids is 1. The maximum atomic E-state index is 11.9. The fourth-order valence-electron chi connectivity index (χ4n) is 1.86. The van der Waals surface area contributed by atoms with Crippen LogP contribution in [0.5, 0.6) is 11.5 Å². The molecule has 0 aliphatic carbocycles. The molecule has 0 saturated heterocycles. The Bertz CT molecular complexity index is 520. The molecule has 0 radical (unpaired) electrons. The van der Waals surface area contributed by atoms with Crippen LogP contribution in [-0.4, -0.2) is 19.7 Å². The molecule has 1 heterocycles. The molecular formula is C13H14N2O3. The van der Waals surface area contributed by atoms with E-state index in [1.165, 1.54) is 0 Å². The molecule has 0 bridgehead atoms. The molecule has 1 aromatic carbocycles. The number of hydrogen-bond acceptors (Lipinski definition) is 4. The molecule has 1 aromatic rings. The molecule has 1 amide bonds. The van der Waals surface area contributed by atoms with Gasteiger partial charge in [0.05, 0.1) is 11.8 Å². The number of fused-ring (bicyclic) bond motifs is 1. The quantitative estimate of drug-likeness (QED) is 0.818. The summed E-state index contributed by atoms with van der Waals surface area (Å²) in [4.78, 5) is 13.4. The van der Waals surface area contributed by atoms with Gasteiger partial charge in [0.15, 0.2) is 11.5 Å². The molecule has 0 N–H and O–H groups in total. The van der Waals surface area contributed by atoms with E-state index in [0.29, 0.717) is 11.5 Å². The van der Waals surface area contributed by atoms with Crippen molar-refractivity contribution in [2.24, 2.45) is 0 Å². The molecule has 1 aliphatic rings. The first-order chi connectivity index (χ1) is 8.63. The second kappa shape index (κ2) is 4.96. The summed E-state index contributed by atoms with van der Waals surface area (Å²) in [6.45, 7) is 2.12. The van der Waals surface area contributed by atoms with Gasteiger partial charge in [-0.2, -0.15) is 5.26 Å². The smallest absolute Gasteiger partial charge is 0.231 e. The molecule has 94 valence electrons. The SMILES string of the molecule is Cc1cc2c(cc1N(C)C(=O)CCC#N)OCO2. The van der Waals surface area contributed by atoms with Crippen molar-refractivity contribution in [1.29, 1.82) is 5.26 Å². The highest BCUT2D eigenvalue weighted by atomic mass is 16.7. The monoisotopic (exact) mass is 246 g/mol. The summed E-state index contributed by atoms with van der Waals surface area (Å²) in [5.74, 6) is 1.27. The minimum Gasteiger partial charge on any atom is -0.454 e. The number of amides is 1. The summed E-state index contributed by atoms with van der Waals surface area (Å²) in [5.41, 5.74) is 1.72. The second-order valence-electron chi connectivity index (χ2n) is 4.10. The summed E-state index contributed by atoms with van der Waals surface area (Å²) < 4.78 is 10.6. The van der Waals surface area contributed by atoms with E-state index in [2.05, 4.69) is 0 Å². The van der Waals surface area contributed by atoms with Gasteiger partial charge in [0.2, 0.25) is 12.7 Å². The lowest BCUT2D eigenvalue weighted by Crippen LogP contribution is -2.26. The van der Waals surface area contributed by atoms with E-state index < -0.39 is 0 Å². The highest BCUT2D eigenvalue weighted by Gasteiger charge is 2.19. The fourth-order valence-corrected chi connectivity index (χ4v) is 1.86. The number of nitriles is 1. The first-order valence-electron chi connectivity index (χ1n) is 5.67. The van der Waals surface area contributed by atoms with Crippen LogP contribution in [0, 0.1) is 18.3 Å². The molecule has 0 atom stereocenters. The zero-order valence-electron chi connectivity index (χ0n) is 10.4. The van der Waals surface area contributed by atoms with Crippen LogP contribution in [-0.2, 0) is 4.79 Å². The van der Waals surface area contributed by atoms with Crippen LogP contribution in [0.15, 0.2) is 12.1 Å². The predicted octanol–water partition coefficient (Wildman–Crippen LogP) is 1.99. The van der Waals surface area contributed by atoms with Crippen molar-refractivity contribution >= 4 is 11.6 Å². The Labute approximate surface area is 106 Å². The van der Waals surface area contributed by atoms with Gasteiger partial charge < -0.3 is 14.4 Å². The van der Waals surface area contributed by atoms with E-state index >= 15 is 0 Å². The lowest BCUT2D eigenvalue weighted by molar-refractivity contribution is -0.118. The van der Waals surface area contributed by atoms with Crippen molar-refractivity contribution < 1.29 is 14.3 Å². The van der Waals surface area contributed by atoms with Crippen LogP contribution in [0.2, 0.25) is 0 Å². The van der Waals surface area contributed by atoms with E-state index in [0.717, 1.165) is 11.3 Å². The molecule has 0 saturated carbocycles. The van der Waals surface area contributed by atoms with Crippen molar-refractivity contribution in [2.75, 3.05) is 18.7 Å². The molecule has 1 aliphatic heterocycles. The van der Waals surface area contributed by atoms with Gasteiger partial charge in [-0.3, -0.25) is 4.79 Å². The highest BCUT2D eigenvalue weighted by molar-refractivity contribution is 5.94. The zero-order chi connectivity index (χ0) is 13.1. The Morgan fingerprint density at radius 1 is 1.44 bits per heavy atom. The van der Waals surface area contributed by atoms with Crippen LogP contribution in [0.25, 0.3) is 0 Å². The van der Waals surface area contributed by atoms with Gasteiger partial charge in [0.1, 0.15) is 0 Å². The Balaban J connectivity index is 2.23. The lowest BCUT2D eigenvalue weighted by Gasteiger charge is -2.19. The number of rotatable bonds is 3. The van der Waals surface area contributed by atoms with Gasteiger partial charge in [-0.1, -0.05) is 0 Å². The molecule has 5 nitrogen and oxygen atoms in total. The average molecular weight is 246 g/mol. The predicted molar refractivity (Wildman–Crippen MR) is 65.6 cm³/mol. The number of carbonyl (C=O) groups is 1. The van der Waals surface area contributed by atoms with E-state index in [4.69, 9.17) is 14.7 Å². The second-order valence-corrected chi connectivity index (χ2v) is 4.10. The van der Waals surface area contributed by atoms with Crippen molar-refractivity contribution in [3.05, 3.63) is 17.7 Å². The normalized spacial score (nSPS) is 12.1. The molecule has 5 heteroatoms. The molecule has 0 fully saturated rings. The summed E-state index contributed by atoms with van der Waals surface area (Å²) in [6.07, 6.45) is 0.452. The van der Waals surface area contributed by atoms with Gasteiger partial charge in [0.25, 0.3) is 0 Å². The molecule has 0 unspecified atom stereocenters. The van der Waals surface area contributed by atoms with Crippen LogP contribution >= 0.6 is 0 Å². The maximum Gasteiger partial charge on any atom is 0.231 e. The number of hydrogen-bond donors (Lipinski definition) is 0. The first kappa shape index (κ1) is 12.2. The van der Waals surface area contributed by atoms with Gasteiger partial charge >= 0.3 is 0 Å². The lowest BCUT2D eigenvalue weighted by atomic mass is 10.1. The van der Waals surface area contributed by atoms with Crippen LogP contribution in [0.3, 0.4) is 0 Å². The van der Waals surface area contributed by atoms with E-state index in [-0.39, 0.29) is 25.5 Å². The summed E-state index contributed by atoms with van der Waals surface area (Å²) in [7, 11) is 1.70. The van der Waals surface area contributed by atoms with Gasteiger partial charge in [-0.15, -0.1) is 0 Å². The third-order valence-corrected chi connectivity index (χ3v) is 2.88. The minimum atomic E-state index is -0.0847. The van der Waals surface area contributed by atoms with Crippen molar-refractivity contribution in [3.8, 4) is 17.6 Å². The van der Waals surface area contributed by atoms with E-state index in [1.807, 2.05) is 19.1 Å². The highest BCUT2D eigenvalue weighted by Crippen LogP contribution is 2.37. The number of benzene rings is 1. The van der Waals surface area contributed by atoms with Crippen molar-refractivity contribution in [2.45, 2.75) is 19.8 Å². The Hall–Kier alpha value is -2.22. The standard InChI is InChI=1S/C13H14N2O3/c1-9-6-11-12(18-8-17-11)7-10(9)15(2)13(16)4-3-5-14/h6-7H,3-4,8H2,1-2H3. The van der Waals surface area contributed by atoms with E-state index in [9.17, 15) is 4.79 Å². The molecular weight excluding hydrogens is 232 g/mol. The van der Waals surface area contributed by atoms with Gasteiger partial charge in [-0.25, -0.2) is 0 Å². The Kier molecular flexibility index (Phi) is 3.38. The Morgan fingerprint density at radius 2 is 2.11 bits per heavy atom. The van der Waals surface area contributed by atoms with Gasteiger partial charge in [-0.05, 0) is 18.6 Å². The largest absolute Gasteiger partial charge is 0.454 e.